The lowest BCUT2D eigenvalue weighted by Gasteiger charge is -2.04. The van der Waals surface area contributed by atoms with Gasteiger partial charge in [-0.25, -0.2) is 4.79 Å². The number of amides is 1. The molecule has 0 fully saturated rings. The van der Waals surface area contributed by atoms with E-state index < -0.39 is 5.76 Å². The first-order valence-electron chi connectivity index (χ1n) is 5.91. The summed E-state index contributed by atoms with van der Waals surface area (Å²) in [6.07, 6.45) is 0. The highest BCUT2D eigenvalue weighted by Crippen LogP contribution is 2.19. The molecule has 0 radical (unpaired) electrons. The molecule has 0 saturated heterocycles. The summed E-state index contributed by atoms with van der Waals surface area (Å²) >= 11 is 0. The Hall–Kier alpha value is -2.83. The quantitative estimate of drug-likeness (QED) is 0.743. The fourth-order valence-electron chi connectivity index (χ4n) is 2.03. The largest absolute Gasteiger partial charge is 0.417 e. The van der Waals surface area contributed by atoms with E-state index in [-0.39, 0.29) is 5.91 Å². The third-order valence-electron chi connectivity index (χ3n) is 2.94. The number of aromatic nitrogens is 2. The number of fused-ring (bicyclic) bond motifs is 1. The first kappa shape index (κ1) is 12.2. The first-order chi connectivity index (χ1) is 9.54. The maximum Gasteiger partial charge on any atom is 0.417 e. The van der Waals surface area contributed by atoms with Crippen molar-refractivity contribution in [3.05, 3.63) is 45.8 Å². The third-order valence-corrected chi connectivity index (χ3v) is 2.94. The molecule has 0 atom stereocenters. The zero-order valence-corrected chi connectivity index (χ0v) is 10.8. The lowest BCUT2D eigenvalue weighted by Crippen LogP contribution is -2.13. The monoisotopic (exact) mass is 273 g/mol. The zero-order chi connectivity index (χ0) is 14.3. The Labute approximate surface area is 112 Å². The molecule has 3 rings (SSSR count). The van der Waals surface area contributed by atoms with Crippen LogP contribution in [-0.4, -0.2) is 16.0 Å². The molecule has 2 aromatic heterocycles. The SMILES string of the molecule is Cc1noc(C)c1C(=O)Nc1ccc2oc(=O)[nH]c2c1. The maximum absolute atomic E-state index is 12.2. The number of carbonyl (C=O) groups is 1. The van der Waals surface area contributed by atoms with Gasteiger partial charge in [0, 0.05) is 5.69 Å². The average molecular weight is 273 g/mol. The lowest BCUT2D eigenvalue weighted by molar-refractivity contribution is 0.102. The first-order valence-corrected chi connectivity index (χ1v) is 5.91. The van der Waals surface area contributed by atoms with E-state index in [0.717, 1.165) is 0 Å². The second-order valence-electron chi connectivity index (χ2n) is 4.38. The number of aryl methyl sites for hydroxylation is 2. The van der Waals surface area contributed by atoms with Crippen molar-refractivity contribution in [3.8, 4) is 0 Å². The summed E-state index contributed by atoms with van der Waals surface area (Å²) in [7, 11) is 0. The fraction of sp³-hybridized carbons (Fsp3) is 0.154. The molecule has 0 spiro atoms. The molecule has 0 saturated carbocycles. The Morgan fingerprint density at radius 3 is 2.85 bits per heavy atom. The van der Waals surface area contributed by atoms with E-state index >= 15 is 0 Å². The van der Waals surface area contributed by atoms with Crippen molar-refractivity contribution in [2.45, 2.75) is 13.8 Å². The van der Waals surface area contributed by atoms with Crippen LogP contribution in [0.5, 0.6) is 0 Å². The number of nitrogens with one attached hydrogen (secondary N) is 2. The van der Waals surface area contributed by atoms with Gasteiger partial charge in [-0.15, -0.1) is 0 Å². The molecular weight excluding hydrogens is 262 g/mol. The highest BCUT2D eigenvalue weighted by molar-refractivity contribution is 6.06. The Bertz CT molecular complexity index is 836. The molecular formula is C13H11N3O4. The van der Waals surface area contributed by atoms with Crippen LogP contribution in [0.4, 0.5) is 5.69 Å². The van der Waals surface area contributed by atoms with E-state index in [9.17, 15) is 9.59 Å². The number of hydrogen-bond donors (Lipinski definition) is 2. The van der Waals surface area contributed by atoms with E-state index in [0.29, 0.717) is 33.8 Å². The predicted octanol–water partition coefficient (Wildman–Crippen LogP) is 1.98. The van der Waals surface area contributed by atoms with Gasteiger partial charge in [0.2, 0.25) is 0 Å². The minimum Gasteiger partial charge on any atom is -0.408 e. The molecule has 7 heteroatoms. The summed E-state index contributed by atoms with van der Waals surface area (Å²) < 4.78 is 9.84. The summed E-state index contributed by atoms with van der Waals surface area (Å²) in [6.45, 7) is 3.37. The van der Waals surface area contributed by atoms with Gasteiger partial charge in [0.15, 0.2) is 5.58 Å². The zero-order valence-electron chi connectivity index (χ0n) is 10.8. The summed E-state index contributed by atoms with van der Waals surface area (Å²) in [5.41, 5.74) is 2.43. The number of rotatable bonds is 2. The van der Waals surface area contributed by atoms with Gasteiger partial charge in [0.05, 0.1) is 11.2 Å². The molecule has 7 nitrogen and oxygen atoms in total. The van der Waals surface area contributed by atoms with Gasteiger partial charge in [-0.05, 0) is 32.0 Å². The number of carbonyl (C=O) groups excluding carboxylic acids is 1. The average Bonchev–Trinajstić information content (AvgIpc) is 2.91. The van der Waals surface area contributed by atoms with Crippen molar-refractivity contribution in [2.75, 3.05) is 5.32 Å². The standard InChI is InChI=1S/C13H11N3O4/c1-6-11(7(2)20-16-6)12(17)14-8-3-4-10-9(5-8)15-13(18)19-10/h3-5H,1-2H3,(H,14,17)(H,15,18). The predicted molar refractivity (Wildman–Crippen MR) is 70.8 cm³/mol. The summed E-state index contributed by atoms with van der Waals surface area (Å²) in [6, 6.07) is 4.88. The van der Waals surface area contributed by atoms with Gasteiger partial charge in [-0.2, -0.15) is 0 Å². The number of oxazole rings is 1. The number of nitrogens with zero attached hydrogens (tertiary/aromatic N) is 1. The number of H-pyrrole nitrogens is 1. The molecule has 20 heavy (non-hydrogen) atoms. The maximum atomic E-state index is 12.2. The van der Waals surface area contributed by atoms with Gasteiger partial charge in [-0.1, -0.05) is 5.16 Å². The van der Waals surface area contributed by atoms with Crippen LogP contribution in [-0.2, 0) is 0 Å². The van der Waals surface area contributed by atoms with Crippen LogP contribution in [0.1, 0.15) is 21.8 Å². The van der Waals surface area contributed by atoms with E-state index in [1.807, 2.05) is 0 Å². The van der Waals surface area contributed by atoms with E-state index in [1.165, 1.54) is 0 Å². The summed E-state index contributed by atoms with van der Waals surface area (Å²) in [5, 5.41) is 6.46. The fourth-order valence-corrected chi connectivity index (χ4v) is 2.03. The van der Waals surface area contributed by atoms with E-state index in [1.54, 1.807) is 32.0 Å². The molecule has 1 amide bonds. The van der Waals surface area contributed by atoms with Crippen LogP contribution < -0.4 is 11.1 Å². The molecule has 102 valence electrons. The van der Waals surface area contributed by atoms with Crippen LogP contribution in [0, 0.1) is 13.8 Å². The van der Waals surface area contributed by atoms with Crippen molar-refractivity contribution in [3.63, 3.8) is 0 Å². The van der Waals surface area contributed by atoms with Gasteiger partial charge >= 0.3 is 5.76 Å². The van der Waals surface area contributed by atoms with Crippen LogP contribution >= 0.6 is 0 Å². The van der Waals surface area contributed by atoms with Crippen LogP contribution in [0.2, 0.25) is 0 Å². The summed E-state index contributed by atoms with van der Waals surface area (Å²) in [5.74, 6) is -0.390. The second-order valence-corrected chi connectivity index (χ2v) is 4.38. The molecule has 0 aliphatic carbocycles. The molecule has 2 N–H and O–H groups in total. The minimum absolute atomic E-state index is 0.313. The topological polar surface area (TPSA) is 101 Å². The van der Waals surface area contributed by atoms with Crippen molar-refractivity contribution >= 4 is 22.7 Å². The van der Waals surface area contributed by atoms with E-state index in [2.05, 4.69) is 15.5 Å². The van der Waals surface area contributed by atoms with Crippen molar-refractivity contribution in [1.82, 2.24) is 10.1 Å². The number of hydrogen-bond acceptors (Lipinski definition) is 5. The van der Waals surface area contributed by atoms with Gasteiger partial charge in [-0.3, -0.25) is 9.78 Å². The molecule has 0 aliphatic rings. The third kappa shape index (κ3) is 1.99. The molecule has 2 heterocycles. The highest BCUT2D eigenvalue weighted by atomic mass is 16.5. The molecule has 3 aromatic rings. The lowest BCUT2D eigenvalue weighted by atomic mass is 10.2. The van der Waals surface area contributed by atoms with Crippen molar-refractivity contribution in [1.29, 1.82) is 0 Å². The smallest absolute Gasteiger partial charge is 0.408 e. The molecule has 0 unspecified atom stereocenters. The van der Waals surface area contributed by atoms with Crippen molar-refractivity contribution < 1.29 is 13.7 Å². The second kappa shape index (κ2) is 4.37. The summed E-state index contributed by atoms with van der Waals surface area (Å²) in [4.78, 5) is 25.7. The van der Waals surface area contributed by atoms with Gasteiger partial charge in [0.25, 0.3) is 5.91 Å². The Kier molecular flexibility index (Phi) is 2.67. The Morgan fingerprint density at radius 1 is 1.35 bits per heavy atom. The van der Waals surface area contributed by atoms with Crippen LogP contribution in [0.15, 0.2) is 31.9 Å². The molecule has 0 bridgehead atoms. The van der Waals surface area contributed by atoms with Gasteiger partial charge in [0.1, 0.15) is 11.3 Å². The van der Waals surface area contributed by atoms with E-state index in [4.69, 9.17) is 8.94 Å². The van der Waals surface area contributed by atoms with Crippen molar-refractivity contribution in [2.24, 2.45) is 0 Å². The van der Waals surface area contributed by atoms with Gasteiger partial charge < -0.3 is 14.3 Å². The van der Waals surface area contributed by atoms with Crippen LogP contribution in [0.3, 0.4) is 0 Å². The Morgan fingerprint density at radius 2 is 2.15 bits per heavy atom. The molecule has 1 aromatic carbocycles. The normalized spacial score (nSPS) is 10.9. The minimum atomic E-state index is -0.533. The number of benzene rings is 1. The Balaban J connectivity index is 1.93. The molecule has 0 aliphatic heterocycles. The number of aromatic amines is 1. The number of anilines is 1. The van der Waals surface area contributed by atoms with Crippen LogP contribution in [0.25, 0.3) is 11.1 Å². The highest BCUT2D eigenvalue weighted by Gasteiger charge is 2.17.